The number of aliphatic imine (C=N–C) groups is 2. The Hall–Kier alpha value is -5.08. The SMILES string of the molecule is C=N/C(=C\C(=NCc1ccccc1)c1ccc(-c2ccc3ccccc3c2)cc1)c1cccc(C(/C=C\C)=C/C)c1. The van der Waals surface area contributed by atoms with Gasteiger partial charge in [0.1, 0.15) is 0 Å². The average Bonchev–Trinajstić information content (AvgIpc) is 3.04. The second kappa shape index (κ2) is 13.3. The van der Waals surface area contributed by atoms with E-state index in [1.54, 1.807) is 0 Å². The summed E-state index contributed by atoms with van der Waals surface area (Å²) in [4.78, 5) is 9.49. The molecular weight excluding hydrogens is 496 g/mol. The Kier molecular flexibility index (Phi) is 8.93. The van der Waals surface area contributed by atoms with E-state index in [2.05, 4.69) is 140 Å². The lowest BCUT2D eigenvalue weighted by atomic mass is 9.98. The highest BCUT2D eigenvalue weighted by atomic mass is 14.8. The van der Waals surface area contributed by atoms with Crippen LogP contribution < -0.4 is 0 Å². The van der Waals surface area contributed by atoms with Crippen molar-refractivity contribution in [3.05, 3.63) is 168 Å². The fraction of sp³-hybridized carbons (Fsp3) is 0.0769. The number of fused-ring (bicyclic) bond motifs is 1. The van der Waals surface area contributed by atoms with Crippen molar-refractivity contribution in [3.8, 4) is 11.1 Å². The number of nitrogens with zero attached hydrogens (tertiary/aromatic N) is 2. The second-order valence-electron chi connectivity index (χ2n) is 9.84. The number of hydrogen-bond donors (Lipinski definition) is 0. The maximum atomic E-state index is 5.05. The molecule has 5 aromatic carbocycles. The Morgan fingerprint density at radius 2 is 1.37 bits per heavy atom. The molecule has 2 heteroatoms. The fourth-order valence-corrected chi connectivity index (χ4v) is 4.93. The third kappa shape index (κ3) is 6.74. The average molecular weight is 531 g/mol. The molecule has 5 aromatic rings. The molecule has 200 valence electrons. The largest absolute Gasteiger partial charge is 0.280 e. The first kappa shape index (κ1) is 27.5. The Morgan fingerprint density at radius 1 is 0.659 bits per heavy atom. The van der Waals surface area contributed by atoms with Gasteiger partial charge in [0.25, 0.3) is 0 Å². The summed E-state index contributed by atoms with van der Waals surface area (Å²) in [5.41, 5.74) is 9.51. The zero-order valence-corrected chi connectivity index (χ0v) is 23.7. The Morgan fingerprint density at radius 3 is 2.10 bits per heavy atom. The zero-order chi connectivity index (χ0) is 28.4. The molecule has 41 heavy (non-hydrogen) atoms. The Bertz CT molecular complexity index is 1770. The lowest BCUT2D eigenvalue weighted by molar-refractivity contribution is 1.07. The van der Waals surface area contributed by atoms with Gasteiger partial charge in [-0.15, -0.1) is 0 Å². The molecule has 2 nitrogen and oxygen atoms in total. The van der Waals surface area contributed by atoms with E-state index in [0.29, 0.717) is 6.54 Å². The van der Waals surface area contributed by atoms with Crippen molar-refractivity contribution in [1.29, 1.82) is 0 Å². The normalized spacial score (nSPS) is 12.7. The molecule has 0 aromatic heterocycles. The minimum atomic E-state index is 0.577. The molecular formula is C39H34N2. The van der Waals surface area contributed by atoms with Gasteiger partial charge in [0.05, 0.1) is 18.0 Å². The number of benzene rings is 5. The summed E-state index contributed by atoms with van der Waals surface area (Å²) in [6.07, 6.45) is 8.34. The van der Waals surface area contributed by atoms with Crippen molar-refractivity contribution in [1.82, 2.24) is 0 Å². The van der Waals surface area contributed by atoms with Crippen LogP contribution >= 0.6 is 0 Å². The molecule has 0 saturated heterocycles. The van der Waals surface area contributed by atoms with Crippen LogP contribution in [0.3, 0.4) is 0 Å². The molecule has 5 rings (SSSR count). The van der Waals surface area contributed by atoms with E-state index >= 15 is 0 Å². The van der Waals surface area contributed by atoms with E-state index in [0.717, 1.165) is 33.7 Å². The van der Waals surface area contributed by atoms with Gasteiger partial charge < -0.3 is 0 Å². The van der Waals surface area contributed by atoms with Crippen molar-refractivity contribution in [2.75, 3.05) is 0 Å². The Balaban J connectivity index is 1.53. The molecule has 0 aliphatic rings. The quantitative estimate of drug-likeness (QED) is 0.134. The van der Waals surface area contributed by atoms with Crippen LogP contribution in [0.15, 0.2) is 156 Å². The van der Waals surface area contributed by atoms with E-state index < -0.39 is 0 Å². The van der Waals surface area contributed by atoms with Crippen LogP contribution in [0, 0.1) is 0 Å². The van der Waals surface area contributed by atoms with Crippen LogP contribution in [0.2, 0.25) is 0 Å². The molecule has 0 N–H and O–H groups in total. The van der Waals surface area contributed by atoms with Gasteiger partial charge in [-0.3, -0.25) is 9.98 Å². The van der Waals surface area contributed by atoms with Crippen molar-refractivity contribution in [2.24, 2.45) is 9.98 Å². The van der Waals surface area contributed by atoms with Crippen molar-refractivity contribution < 1.29 is 0 Å². The molecule has 0 amide bonds. The highest BCUT2D eigenvalue weighted by Gasteiger charge is 2.09. The van der Waals surface area contributed by atoms with Gasteiger partial charge >= 0.3 is 0 Å². The maximum absolute atomic E-state index is 5.05. The molecule has 0 bridgehead atoms. The molecule has 0 spiro atoms. The lowest BCUT2D eigenvalue weighted by Gasteiger charge is -2.10. The van der Waals surface area contributed by atoms with E-state index in [9.17, 15) is 0 Å². The third-order valence-corrected chi connectivity index (χ3v) is 7.13. The van der Waals surface area contributed by atoms with Crippen LogP contribution in [0.1, 0.15) is 36.1 Å². The highest BCUT2D eigenvalue weighted by Crippen LogP contribution is 2.27. The van der Waals surface area contributed by atoms with E-state index in [-0.39, 0.29) is 0 Å². The molecule has 0 unspecified atom stereocenters. The molecule has 0 aliphatic heterocycles. The van der Waals surface area contributed by atoms with Crippen molar-refractivity contribution in [3.63, 3.8) is 0 Å². The van der Waals surface area contributed by atoms with Crippen LogP contribution in [-0.4, -0.2) is 12.4 Å². The van der Waals surface area contributed by atoms with Crippen molar-refractivity contribution in [2.45, 2.75) is 20.4 Å². The van der Waals surface area contributed by atoms with Crippen LogP contribution in [-0.2, 0) is 6.54 Å². The summed E-state index contributed by atoms with van der Waals surface area (Å²) < 4.78 is 0. The summed E-state index contributed by atoms with van der Waals surface area (Å²) in [7, 11) is 0. The van der Waals surface area contributed by atoms with Gasteiger partial charge in [0.15, 0.2) is 0 Å². The van der Waals surface area contributed by atoms with Crippen LogP contribution in [0.5, 0.6) is 0 Å². The minimum Gasteiger partial charge on any atom is -0.280 e. The van der Waals surface area contributed by atoms with E-state index in [4.69, 9.17) is 4.99 Å². The highest BCUT2D eigenvalue weighted by molar-refractivity contribution is 6.12. The van der Waals surface area contributed by atoms with Gasteiger partial charge in [-0.25, -0.2) is 0 Å². The molecule has 0 radical (unpaired) electrons. The van der Waals surface area contributed by atoms with Gasteiger partial charge in [-0.1, -0.05) is 127 Å². The summed E-state index contributed by atoms with van der Waals surface area (Å²) in [5.74, 6) is 0. The summed E-state index contributed by atoms with van der Waals surface area (Å²) in [5, 5.41) is 2.48. The first-order valence-electron chi connectivity index (χ1n) is 13.9. The monoisotopic (exact) mass is 530 g/mol. The smallest absolute Gasteiger partial charge is 0.0716 e. The third-order valence-electron chi connectivity index (χ3n) is 7.13. The molecule has 0 fully saturated rings. The maximum Gasteiger partial charge on any atom is 0.0716 e. The zero-order valence-electron chi connectivity index (χ0n) is 23.7. The van der Waals surface area contributed by atoms with Crippen LogP contribution in [0.25, 0.3) is 33.2 Å². The van der Waals surface area contributed by atoms with Crippen LogP contribution in [0.4, 0.5) is 0 Å². The van der Waals surface area contributed by atoms with E-state index in [1.807, 2.05) is 31.2 Å². The molecule has 0 saturated carbocycles. The lowest BCUT2D eigenvalue weighted by Crippen LogP contribution is -2.00. The molecule has 0 heterocycles. The molecule has 0 aliphatic carbocycles. The summed E-state index contributed by atoms with van der Waals surface area (Å²) in [6, 6.07) is 42.4. The summed E-state index contributed by atoms with van der Waals surface area (Å²) in [6.45, 7) is 8.58. The first-order valence-corrected chi connectivity index (χ1v) is 13.9. The molecule has 0 atom stereocenters. The standard InChI is InChI=1S/C39H34N2/c1-4-12-30(5-2)34-17-11-18-37(26-34)38(40-3)27-39(41-28-29-13-7-6-8-14-29)33-22-19-32(20-23-33)36-24-21-31-15-9-10-16-35(31)25-36/h4-27H,3,28H2,1-2H3/b12-4-,30-5+,38-27-,41-39?. The summed E-state index contributed by atoms with van der Waals surface area (Å²) >= 11 is 0. The first-order chi connectivity index (χ1) is 20.2. The predicted octanol–water partition coefficient (Wildman–Crippen LogP) is 10.2. The van der Waals surface area contributed by atoms with Crippen molar-refractivity contribution >= 4 is 34.5 Å². The van der Waals surface area contributed by atoms with E-state index in [1.165, 1.54) is 27.5 Å². The van der Waals surface area contributed by atoms with Gasteiger partial charge in [-0.2, -0.15) is 0 Å². The minimum absolute atomic E-state index is 0.577. The number of hydrogen-bond acceptors (Lipinski definition) is 2. The van der Waals surface area contributed by atoms with Gasteiger partial charge in [0, 0.05) is 5.56 Å². The van der Waals surface area contributed by atoms with Gasteiger partial charge in [-0.05, 0) is 82.9 Å². The fourth-order valence-electron chi connectivity index (χ4n) is 4.93. The van der Waals surface area contributed by atoms with Gasteiger partial charge in [0.2, 0.25) is 0 Å². The Labute approximate surface area is 243 Å². The number of rotatable bonds is 9. The topological polar surface area (TPSA) is 24.7 Å². The predicted molar refractivity (Wildman–Crippen MR) is 178 cm³/mol. The second-order valence-corrected chi connectivity index (χ2v) is 9.84. The number of allylic oxidation sites excluding steroid dienone is 5.